The molecule has 0 aliphatic heterocycles. The molecule has 0 aliphatic carbocycles. The summed E-state index contributed by atoms with van der Waals surface area (Å²) in [6.45, 7) is 0. The molecule has 0 heterocycles. The molecule has 0 aromatic heterocycles. The van der Waals surface area contributed by atoms with Crippen LogP contribution in [0.3, 0.4) is 0 Å². The second-order valence-electron chi connectivity index (χ2n) is 1.33. The molecule has 1 N–H and O–H groups in total. The predicted molar refractivity (Wildman–Crippen MR) is 67.1 cm³/mol. The van der Waals surface area contributed by atoms with Gasteiger partial charge in [-0.15, -0.1) is 0 Å². The molecule has 0 rings (SSSR count). The summed E-state index contributed by atoms with van der Waals surface area (Å²) in [6, 6.07) is 0. The molecule has 0 saturated heterocycles. The summed E-state index contributed by atoms with van der Waals surface area (Å²) in [5.74, 6) is 0. The maximum absolute atomic E-state index is 8.51. The molecule has 0 amide bonds. The lowest BCUT2D eigenvalue weighted by Gasteiger charge is -1.90. The van der Waals surface area contributed by atoms with Gasteiger partial charge in [0.05, 0.1) is 7.11 Å². The fourth-order valence-corrected chi connectivity index (χ4v) is 1.000. The fourth-order valence-electron chi connectivity index (χ4n) is 0.167. The number of ether oxygens (including phenoxy) is 1. The number of hydrogen-bond donors (Lipinski definition) is 0. The van der Waals surface area contributed by atoms with Crippen molar-refractivity contribution in [2.24, 2.45) is 0 Å². The van der Waals surface area contributed by atoms with Crippen LogP contribution in [0.25, 0.3) is 0 Å². The van der Waals surface area contributed by atoms with E-state index in [1.807, 2.05) is 18.8 Å². The minimum atomic E-state index is 0.426. The Morgan fingerprint density at radius 3 is 1.58 bits per heavy atom. The van der Waals surface area contributed by atoms with Crippen LogP contribution in [-0.4, -0.2) is 39.5 Å². The van der Waals surface area contributed by atoms with E-state index in [2.05, 4.69) is 17.0 Å². The van der Waals surface area contributed by atoms with Crippen molar-refractivity contribution in [3.05, 3.63) is 0 Å². The summed E-state index contributed by atoms with van der Waals surface area (Å²) in [5.41, 5.74) is 0. The third-order valence-corrected chi connectivity index (χ3v) is 3.55. The van der Waals surface area contributed by atoms with Crippen molar-refractivity contribution in [2.75, 3.05) is 25.9 Å². The van der Waals surface area contributed by atoms with Crippen LogP contribution >= 0.6 is 47.5 Å². The molecule has 0 fully saturated rings. The van der Waals surface area contributed by atoms with Crippen LogP contribution in [0.4, 0.5) is 0 Å². The number of methoxy groups -OCH3 is 1. The molecule has 0 saturated carbocycles. The van der Waals surface area contributed by atoms with Gasteiger partial charge in [0, 0.05) is 0 Å². The third-order valence-electron chi connectivity index (χ3n) is 0.683. The maximum atomic E-state index is 8.51. The van der Waals surface area contributed by atoms with Crippen molar-refractivity contribution in [3.8, 4) is 0 Å². The van der Waals surface area contributed by atoms with Crippen molar-refractivity contribution in [2.45, 2.75) is 0 Å². The van der Waals surface area contributed by atoms with Gasteiger partial charge in [-0.1, -0.05) is 11.8 Å². The van der Waals surface area contributed by atoms with Crippen LogP contribution in [0.1, 0.15) is 0 Å². The molecule has 72 valence electrons. The molecule has 12 heavy (non-hydrogen) atoms. The Hall–Kier alpha value is 0.610. The molecule has 2 nitrogen and oxygen atoms in total. The molecule has 0 aliphatic rings. The highest BCUT2D eigenvalue weighted by atomic mass is 32.2. The second-order valence-corrected chi connectivity index (χ2v) is 4.59. The van der Waals surface area contributed by atoms with E-state index in [0.29, 0.717) is 8.83 Å². The van der Waals surface area contributed by atoms with Gasteiger partial charge < -0.3 is 4.74 Å². The van der Waals surface area contributed by atoms with Gasteiger partial charge in [0.15, 0.2) is 0 Å². The lowest BCUT2D eigenvalue weighted by molar-refractivity contribution is 0.426. The Kier molecular flexibility index (Phi) is 14.6. The van der Waals surface area contributed by atoms with Crippen molar-refractivity contribution in [3.63, 3.8) is 0 Å². The van der Waals surface area contributed by atoms with Crippen LogP contribution in [-0.2, 0) is 4.74 Å². The molecule has 0 aromatic rings. The topological polar surface area (TPSA) is 30.6 Å². The van der Waals surface area contributed by atoms with E-state index < -0.39 is 0 Å². The van der Waals surface area contributed by atoms with E-state index in [-0.39, 0.29) is 0 Å². The zero-order valence-corrected chi connectivity index (χ0v) is 10.8. The summed E-state index contributed by atoms with van der Waals surface area (Å²) in [4.78, 5) is 8.51. The molecular weight excluding hydrogens is 232 g/mol. The minimum Gasteiger partial charge on any atom is -0.482 e. The van der Waals surface area contributed by atoms with Gasteiger partial charge in [0.1, 0.15) is 0 Å². The van der Waals surface area contributed by atoms with Gasteiger partial charge in [-0.2, -0.15) is 0 Å². The lowest BCUT2D eigenvalue weighted by atomic mass is 11.5. The average Bonchev–Trinajstić information content (AvgIpc) is 2.16. The summed E-state index contributed by atoms with van der Waals surface area (Å²) in [7, 11) is 1.57. The average molecular weight is 245 g/mol. The van der Waals surface area contributed by atoms with E-state index >= 15 is 0 Å². The van der Waals surface area contributed by atoms with Crippen molar-refractivity contribution >= 4 is 56.3 Å². The zero-order chi connectivity index (χ0) is 9.98. The number of thiocarbonyl (C=S) groups is 1. The Morgan fingerprint density at radius 2 is 1.58 bits per heavy atom. The highest BCUT2D eigenvalue weighted by molar-refractivity contribution is 8.38. The van der Waals surface area contributed by atoms with Crippen molar-refractivity contribution in [1.29, 1.82) is 0 Å². The predicted octanol–water partition coefficient (Wildman–Crippen LogP) is 2.45. The van der Waals surface area contributed by atoms with Crippen LogP contribution in [0.5, 0.6) is 0 Å². The van der Waals surface area contributed by atoms with Crippen LogP contribution in [0, 0.1) is 0 Å². The first kappa shape index (κ1) is 15.1. The van der Waals surface area contributed by atoms with Crippen LogP contribution < -0.4 is 0 Å². The standard InChI is InChI=1S/2C3H6OS2/c1-5-3(4)6-2;1-4-3(5)6-2/h2*1-2H3/p+1. The van der Waals surface area contributed by atoms with Crippen LogP contribution in [0.2, 0.25) is 0 Å². The van der Waals surface area contributed by atoms with Gasteiger partial charge in [-0.3, -0.25) is 4.79 Å². The lowest BCUT2D eigenvalue weighted by Crippen LogP contribution is -1.85. The minimum absolute atomic E-state index is 0.426. The Balaban J connectivity index is 0. The molecular formula is C6H13O2S4+. The molecule has 0 unspecified atom stereocenters. The van der Waals surface area contributed by atoms with Gasteiger partial charge in [0.25, 0.3) is 0 Å². The Morgan fingerprint density at radius 1 is 1.17 bits per heavy atom. The first-order valence-electron chi connectivity index (χ1n) is 2.88. The van der Waals surface area contributed by atoms with E-state index in [1.165, 1.54) is 35.3 Å². The molecule has 0 radical (unpaired) electrons. The van der Waals surface area contributed by atoms with Crippen molar-refractivity contribution < 1.29 is 9.53 Å². The smallest absolute Gasteiger partial charge is 0.410 e. The van der Waals surface area contributed by atoms with Gasteiger partial charge >= 0.3 is 4.45 Å². The molecule has 6 heteroatoms. The van der Waals surface area contributed by atoms with Gasteiger partial charge in [0.2, 0.25) is 4.38 Å². The Labute approximate surface area is 91.6 Å². The maximum Gasteiger partial charge on any atom is 0.410 e. The van der Waals surface area contributed by atoms with E-state index in [9.17, 15) is 0 Å². The van der Waals surface area contributed by atoms with E-state index in [4.69, 9.17) is 4.79 Å². The highest BCUT2D eigenvalue weighted by Crippen LogP contribution is 2.05. The number of thioether (sulfide) groups is 3. The first-order valence-corrected chi connectivity index (χ1v) is 6.96. The number of carbonyl (C=O) groups excluding carboxylic acids is 1. The number of hydrogen-bond acceptors (Lipinski definition) is 5. The van der Waals surface area contributed by atoms with E-state index in [1.54, 1.807) is 7.11 Å². The summed E-state index contributed by atoms with van der Waals surface area (Å²) in [6.07, 6.45) is 5.56. The molecule has 0 bridgehead atoms. The summed E-state index contributed by atoms with van der Waals surface area (Å²) < 4.78 is 5.61. The molecule has 0 aromatic carbocycles. The first-order chi connectivity index (χ1) is 5.62. The monoisotopic (exact) mass is 245 g/mol. The fraction of sp³-hybridized carbons (Fsp3) is 0.667. The van der Waals surface area contributed by atoms with Crippen molar-refractivity contribution in [1.82, 2.24) is 0 Å². The quantitative estimate of drug-likeness (QED) is 0.483. The Bertz CT molecular complexity index is 110. The number of rotatable bonds is 0. The normalized spacial score (nSPS) is 8.00. The second kappa shape index (κ2) is 11.6. The molecule has 0 atom stereocenters. The van der Waals surface area contributed by atoms with Crippen LogP contribution in [0.15, 0.2) is 0 Å². The zero-order valence-electron chi connectivity index (χ0n) is 7.49. The third kappa shape index (κ3) is 13.2. The van der Waals surface area contributed by atoms with E-state index in [0.717, 1.165) is 0 Å². The SMILES string of the molecule is COC(=S)SC.CSC(=[OH+])SC. The highest BCUT2D eigenvalue weighted by Gasteiger charge is 1.98. The largest absolute Gasteiger partial charge is 0.482 e. The molecule has 0 spiro atoms. The summed E-state index contributed by atoms with van der Waals surface area (Å²) >= 11 is 8.75. The van der Waals surface area contributed by atoms with Gasteiger partial charge in [-0.25, -0.2) is 0 Å². The summed E-state index contributed by atoms with van der Waals surface area (Å²) in [5, 5.41) is 0. The van der Waals surface area contributed by atoms with Gasteiger partial charge in [-0.05, 0) is 54.5 Å².